The summed E-state index contributed by atoms with van der Waals surface area (Å²) < 4.78 is 13.8. The molecule has 0 spiro atoms. The van der Waals surface area contributed by atoms with Crippen LogP contribution in [0.25, 0.3) is 0 Å². The molecule has 0 bridgehead atoms. The van der Waals surface area contributed by atoms with Gasteiger partial charge in [-0.15, -0.1) is 0 Å². The molecule has 1 unspecified atom stereocenters. The molecule has 21 heavy (non-hydrogen) atoms. The van der Waals surface area contributed by atoms with Gasteiger partial charge in [0.2, 0.25) is 11.8 Å². The van der Waals surface area contributed by atoms with E-state index in [1.165, 1.54) is 12.1 Å². The van der Waals surface area contributed by atoms with Crippen LogP contribution in [0.15, 0.2) is 18.2 Å². The van der Waals surface area contributed by atoms with Crippen molar-refractivity contribution < 1.29 is 14.0 Å². The Morgan fingerprint density at radius 1 is 1.43 bits per heavy atom. The van der Waals surface area contributed by atoms with Crippen molar-refractivity contribution in [3.63, 3.8) is 0 Å². The monoisotopic (exact) mass is 293 g/mol. The van der Waals surface area contributed by atoms with Crippen LogP contribution in [0.5, 0.6) is 0 Å². The fraction of sp³-hybridized carbons (Fsp3) is 0.467. The zero-order valence-corrected chi connectivity index (χ0v) is 12.2. The smallest absolute Gasteiger partial charge is 0.248 e. The number of halogens is 1. The Hall–Kier alpha value is -1.95. The maximum absolute atomic E-state index is 13.8. The highest BCUT2D eigenvalue weighted by Gasteiger charge is 2.37. The molecule has 1 atom stereocenters. The molecule has 1 aliphatic rings. The van der Waals surface area contributed by atoms with E-state index in [-0.39, 0.29) is 22.6 Å². The lowest BCUT2D eigenvalue weighted by molar-refractivity contribution is -0.121. The maximum Gasteiger partial charge on any atom is 0.248 e. The van der Waals surface area contributed by atoms with Crippen molar-refractivity contribution in [3.05, 3.63) is 29.6 Å². The van der Waals surface area contributed by atoms with Gasteiger partial charge in [-0.2, -0.15) is 0 Å². The highest BCUT2D eigenvalue weighted by molar-refractivity contribution is 5.98. The van der Waals surface area contributed by atoms with E-state index < -0.39 is 17.8 Å². The Balaban J connectivity index is 2.19. The van der Waals surface area contributed by atoms with Gasteiger partial charge in [0, 0.05) is 5.56 Å². The zero-order chi connectivity index (χ0) is 15.6. The molecule has 1 saturated heterocycles. The van der Waals surface area contributed by atoms with E-state index in [0.29, 0.717) is 0 Å². The third-order valence-electron chi connectivity index (χ3n) is 3.90. The van der Waals surface area contributed by atoms with Gasteiger partial charge in [0.15, 0.2) is 0 Å². The van der Waals surface area contributed by atoms with Crippen LogP contribution in [0.4, 0.5) is 10.1 Å². The van der Waals surface area contributed by atoms with E-state index in [1.807, 2.05) is 13.8 Å². The Labute approximate surface area is 123 Å². The van der Waals surface area contributed by atoms with Crippen molar-refractivity contribution in [2.75, 3.05) is 11.9 Å². The maximum atomic E-state index is 13.8. The summed E-state index contributed by atoms with van der Waals surface area (Å²) in [6, 6.07) is 3.26. The van der Waals surface area contributed by atoms with Crippen molar-refractivity contribution in [2.24, 2.45) is 11.1 Å². The second-order valence-electron chi connectivity index (χ2n) is 6.03. The molecule has 2 rings (SSSR count). The highest BCUT2D eigenvalue weighted by Crippen LogP contribution is 2.31. The van der Waals surface area contributed by atoms with Crippen LogP contribution in [-0.2, 0) is 4.79 Å². The normalized spacial score (nSPS) is 20.8. The number of rotatable bonds is 3. The number of primary amides is 1. The third kappa shape index (κ3) is 3.39. The topological polar surface area (TPSA) is 84.2 Å². The number of nitrogens with one attached hydrogen (secondary N) is 2. The van der Waals surface area contributed by atoms with Gasteiger partial charge in [-0.1, -0.05) is 13.8 Å². The number of piperidine rings is 1. The second-order valence-corrected chi connectivity index (χ2v) is 6.03. The Bertz CT molecular complexity index is 572. The van der Waals surface area contributed by atoms with Crippen LogP contribution >= 0.6 is 0 Å². The number of amides is 2. The predicted octanol–water partition coefficient (Wildman–Crippen LogP) is 1.64. The molecule has 0 saturated carbocycles. The summed E-state index contributed by atoms with van der Waals surface area (Å²) in [5, 5.41) is 5.71. The van der Waals surface area contributed by atoms with E-state index in [2.05, 4.69) is 10.6 Å². The fourth-order valence-electron chi connectivity index (χ4n) is 2.64. The summed E-state index contributed by atoms with van der Waals surface area (Å²) in [6.45, 7) is 4.75. The van der Waals surface area contributed by atoms with Crippen molar-refractivity contribution in [3.8, 4) is 0 Å². The van der Waals surface area contributed by atoms with E-state index in [4.69, 9.17) is 5.73 Å². The average molecular weight is 293 g/mol. The minimum absolute atomic E-state index is 0.0283. The summed E-state index contributed by atoms with van der Waals surface area (Å²) in [6.07, 6.45) is 1.92. The van der Waals surface area contributed by atoms with Crippen LogP contribution < -0.4 is 16.4 Å². The molecule has 0 aliphatic carbocycles. The largest absolute Gasteiger partial charge is 0.366 e. The molecule has 6 heteroatoms. The highest BCUT2D eigenvalue weighted by atomic mass is 19.1. The summed E-state index contributed by atoms with van der Waals surface area (Å²) in [5.41, 5.74) is 5.08. The third-order valence-corrected chi connectivity index (χ3v) is 3.90. The summed E-state index contributed by atoms with van der Waals surface area (Å²) in [4.78, 5) is 23.5. The number of nitrogens with two attached hydrogens (primary N) is 1. The fourth-order valence-corrected chi connectivity index (χ4v) is 2.64. The summed E-state index contributed by atoms with van der Waals surface area (Å²) in [5.74, 6) is -1.57. The van der Waals surface area contributed by atoms with Crippen LogP contribution in [0.2, 0.25) is 0 Å². The van der Waals surface area contributed by atoms with Crippen LogP contribution in [0.1, 0.15) is 37.0 Å². The number of hydrogen-bond acceptors (Lipinski definition) is 3. The van der Waals surface area contributed by atoms with Crippen LogP contribution in [0, 0.1) is 11.2 Å². The number of benzene rings is 1. The Kier molecular flexibility index (Phi) is 4.27. The molecule has 1 aliphatic heterocycles. The van der Waals surface area contributed by atoms with E-state index >= 15 is 0 Å². The minimum Gasteiger partial charge on any atom is -0.366 e. The Morgan fingerprint density at radius 3 is 2.76 bits per heavy atom. The van der Waals surface area contributed by atoms with E-state index in [9.17, 15) is 14.0 Å². The lowest BCUT2D eigenvalue weighted by Gasteiger charge is -2.38. The van der Waals surface area contributed by atoms with Gasteiger partial charge in [0.1, 0.15) is 5.82 Å². The van der Waals surface area contributed by atoms with Gasteiger partial charge in [-0.3, -0.25) is 9.59 Å². The number of hydrogen-bond donors (Lipinski definition) is 3. The molecule has 1 heterocycles. The molecule has 1 fully saturated rings. The molecule has 4 N–H and O–H groups in total. The average Bonchev–Trinajstić information content (AvgIpc) is 2.40. The molecule has 114 valence electrons. The molecular formula is C15H20FN3O2. The molecular weight excluding hydrogens is 273 g/mol. The number of carbonyl (C=O) groups excluding carboxylic acids is 2. The first-order valence-corrected chi connectivity index (χ1v) is 6.95. The van der Waals surface area contributed by atoms with Crippen molar-refractivity contribution in [1.82, 2.24) is 5.32 Å². The van der Waals surface area contributed by atoms with Crippen LogP contribution in [-0.4, -0.2) is 24.4 Å². The molecule has 0 radical (unpaired) electrons. The standard InChI is InChI=1S/C15H20FN3O2/c1-15(2)6-3-7-18-12(15)14(21)19-11-8-9(13(17)20)4-5-10(11)16/h4-5,8,12,18H,3,6-7H2,1-2H3,(H2,17,20)(H,19,21). The van der Waals surface area contributed by atoms with Gasteiger partial charge in [-0.25, -0.2) is 4.39 Å². The van der Waals surface area contributed by atoms with Gasteiger partial charge in [-0.05, 0) is 43.0 Å². The molecule has 0 aromatic heterocycles. The number of anilines is 1. The zero-order valence-electron chi connectivity index (χ0n) is 12.2. The summed E-state index contributed by atoms with van der Waals surface area (Å²) >= 11 is 0. The minimum atomic E-state index is -0.665. The van der Waals surface area contributed by atoms with Gasteiger partial charge in [0.05, 0.1) is 11.7 Å². The second kappa shape index (κ2) is 5.81. The van der Waals surface area contributed by atoms with Crippen molar-refractivity contribution in [1.29, 1.82) is 0 Å². The van der Waals surface area contributed by atoms with Crippen LogP contribution in [0.3, 0.4) is 0 Å². The molecule has 5 nitrogen and oxygen atoms in total. The van der Waals surface area contributed by atoms with Gasteiger partial charge >= 0.3 is 0 Å². The van der Waals surface area contributed by atoms with Crippen molar-refractivity contribution in [2.45, 2.75) is 32.7 Å². The first kappa shape index (κ1) is 15.4. The van der Waals surface area contributed by atoms with E-state index in [0.717, 1.165) is 25.5 Å². The Morgan fingerprint density at radius 2 is 2.14 bits per heavy atom. The SMILES string of the molecule is CC1(C)CCCNC1C(=O)Nc1cc(C(N)=O)ccc1F. The lowest BCUT2D eigenvalue weighted by Crippen LogP contribution is -2.53. The first-order chi connectivity index (χ1) is 9.81. The quantitative estimate of drug-likeness (QED) is 0.792. The molecule has 1 aromatic rings. The predicted molar refractivity (Wildman–Crippen MR) is 78.4 cm³/mol. The molecule has 1 aromatic carbocycles. The summed E-state index contributed by atoms with van der Waals surface area (Å²) in [7, 11) is 0. The van der Waals surface area contributed by atoms with Gasteiger partial charge in [0.25, 0.3) is 0 Å². The van der Waals surface area contributed by atoms with E-state index in [1.54, 1.807) is 0 Å². The first-order valence-electron chi connectivity index (χ1n) is 6.95. The lowest BCUT2D eigenvalue weighted by atomic mass is 9.77. The van der Waals surface area contributed by atoms with Gasteiger partial charge < -0.3 is 16.4 Å². The van der Waals surface area contributed by atoms with Crippen molar-refractivity contribution >= 4 is 17.5 Å². The molecule has 2 amide bonds. The number of carbonyl (C=O) groups is 2.